The normalized spacial score (nSPS) is 35.9. The van der Waals surface area contributed by atoms with Crippen LogP contribution in [0.2, 0.25) is 0 Å². The van der Waals surface area contributed by atoms with Gasteiger partial charge in [-0.15, -0.1) is 0 Å². The Morgan fingerprint density at radius 1 is 0.786 bits per heavy atom. The van der Waals surface area contributed by atoms with E-state index in [1.807, 2.05) is 0 Å². The fourth-order valence-electron chi connectivity index (χ4n) is 7.76. The third-order valence-corrected chi connectivity index (χ3v) is 7.87. The first-order chi connectivity index (χ1) is 13.5. The van der Waals surface area contributed by atoms with E-state index in [0.717, 1.165) is 12.3 Å². The lowest BCUT2D eigenvalue weighted by molar-refractivity contribution is -0.117. The summed E-state index contributed by atoms with van der Waals surface area (Å²) in [7, 11) is 0. The van der Waals surface area contributed by atoms with E-state index in [1.165, 1.54) is 103 Å². The summed E-state index contributed by atoms with van der Waals surface area (Å²) < 4.78 is 0. The molecule has 0 aromatic heterocycles. The third kappa shape index (κ3) is 6.13. The Balaban J connectivity index is 1.19. The molecule has 0 aliphatic heterocycles. The van der Waals surface area contributed by atoms with Crippen LogP contribution < -0.4 is 5.32 Å². The van der Waals surface area contributed by atoms with Crippen molar-refractivity contribution in [2.45, 2.75) is 122 Å². The van der Waals surface area contributed by atoms with Gasteiger partial charge in [0.15, 0.2) is 0 Å². The zero-order chi connectivity index (χ0) is 19.9. The van der Waals surface area contributed by atoms with Gasteiger partial charge in [0.05, 0.1) is 0 Å². The van der Waals surface area contributed by atoms with Crippen LogP contribution in [0.5, 0.6) is 0 Å². The van der Waals surface area contributed by atoms with Crippen LogP contribution in [0.3, 0.4) is 0 Å². The van der Waals surface area contributed by atoms with Crippen LogP contribution in [0.4, 0.5) is 0 Å². The Kier molecular flexibility index (Phi) is 7.73. The molecule has 4 aliphatic rings. The summed E-state index contributed by atoms with van der Waals surface area (Å²) in [4.78, 5) is 2.80. The lowest BCUT2D eigenvalue weighted by Crippen LogP contribution is -2.64. The SMILES string of the molecule is CC12CC3CC(C)(C1)CC(NCCCCCCCCCCCCN=[N+]=[N-])(C3)C2. The molecule has 4 saturated carbocycles. The van der Waals surface area contributed by atoms with Crippen molar-refractivity contribution in [3.05, 3.63) is 10.4 Å². The number of unbranched alkanes of at least 4 members (excludes halogenated alkanes) is 9. The van der Waals surface area contributed by atoms with E-state index in [9.17, 15) is 0 Å². The predicted molar refractivity (Wildman–Crippen MR) is 118 cm³/mol. The molecule has 1 N–H and O–H groups in total. The summed E-state index contributed by atoms with van der Waals surface area (Å²) in [6, 6.07) is 0. The van der Waals surface area contributed by atoms with Gasteiger partial charge >= 0.3 is 0 Å². The van der Waals surface area contributed by atoms with Gasteiger partial charge in [0.2, 0.25) is 0 Å². The van der Waals surface area contributed by atoms with Crippen molar-refractivity contribution in [1.82, 2.24) is 5.32 Å². The van der Waals surface area contributed by atoms with Crippen molar-refractivity contribution in [2.24, 2.45) is 21.9 Å². The number of nitrogens with one attached hydrogen (secondary N) is 1. The maximum absolute atomic E-state index is 8.24. The quantitative estimate of drug-likeness (QED) is 0.142. The third-order valence-electron chi connectivity index (χ3n) is 7.87. The van der Waals surface area contributed by atoms with Gasteiger partial charge < -0.3 is 5.32 Å². The van der Waals surface area contributed by atoms with Crippen LogP contribution in [0, 0.1) is 16.7 Å². The lowest BCUT2D eigenvalue weighted by atomic mass is 9.43. The molecule has 0 heterocycles. The number of azide groups is 1. The van der Waals surface area contributed by atoms with E-state index in [1.54, 1.807) is 0 Å². The number of nitrogens with zero attached hydrogens (tertiary/aromatic N) is 3. The highest BCUT2D eigenvalue weighted by Crippen LogP contribution is 2.66. The molecule has 2 unspecified atom stereocenters. The topological polar surface area (TPSA) is 60.8 Å². The van der Waals surface area contributed by atoms with Crippen LogP contribution in [0.25, 0.3) is 10.4 Å². The average Bonchev–Trinajstić information content (AvgIpc) is 2.59. The standard InChI is InChI=1S/C24H44N4/c1-22-15-21-16-23(2,18-22)20-24(17-21,19-22)26-13-11-9-7-5-3-4-6-8-10-12-14-27-28-25/h21,26H,3-20H2,1-2H3. The Bertz CT molecular complexity index is 521. The predicted octanol–water partition coefficient (Wildman–Crippen LogP) is 7.54. The highest BCUT2D eigenvalue weighted by molar-refractivity contribution is 5.14. The summed E-state index contributed by atoms with van der Waals surface area (Å²) in [6.45, 7) is 7.06. The van der Waals surface area contributed by atoms with E-state index < -0.39 is 0 Å². The minimum absolute atomic E-state index is 0.488. The molecule has 2 atom stereocenters. The molecule has 0 amide bonds. The zero-order valence-electron chi connectivity index (χ0n) is 18.6. The molecular formula is C24H44N4. The van der Waals surface area contributed by atoms with Gasteiger partial charge in [-0.2, -0.15) is 0 Å². The zero-order valence-corrected chi connectivity index (χ0v) is 18.6. The molecule has 4 heteroatoms. The lowest BCUT2D eigenvalue weighted by Gasteiger charge is -2.65. The fraction of sp³-hybridized carbons (Fsp3) is 1.00. The minimum Gasteiger partial charge on any atom is -0.311 e. The summed E-state index contributed by atoms with van der Waals surface area (Å²) in [5, 5.41) is 7.68. The molecule has 4 bridgehead atoms. The first-order valence-electron chi connectivity index (χ1n) is 12.2. The van der Waals surface area contributed by atoms with Gasteiger partial charge in [-0.1, -0.05) is 70.3 Å². The molecule has 0 spiro atoms. The van der Waals surface area contributed by atoms with E-state index in [4.69, 9.17) is 5.53 Å². The molecule has 0 radical (unpaired) electrons. The Hall–Kier alpha value is -0.730. The van der Waals surface area contributed by atoms with Gasteiger partial charge in [0.1, 0.15) is 0 Å². The van der Waals surface area contributed by atoms with Crippen LogP contribution in [-0.2, 0) is 0 Å². The highest BCUT2D eigenvalue weighted by Gasteiger charge is 2.59. The van der Waals surface area contributed by atoms with E-state index in [2.05, 4.69) is 29.2 Å². The summed E-state index contributed by atoms with van der Waals surface area (Å²) in [5.41, 5.74) is 9.98. The Morgan fingerprint density at radius 2 is 1.32 bits per heavy atom. The number of hydrogen-bond acceptors (Lipinski definition) is 2. The highest BCUT2D eigenvalue weighted by atomic mass is 15.1. The van der Waals surface area contributed by atoms with Gasteiger partial charge in [-0.3, -0.25) is 0 Å². The van der Waals surface area contributed by atoms with E-state index in [-0.39, 0.29) is 0 Å². The molecule has 160 valence electrons. The van der Waals surface area contributed by atoms with Crippen molar-refractivity contribution in [3.63, 3.8) is 0 Å². The Labute approximate surface area is 173 Å². The molecule has 0 aromatic rings. The summed E-state index contributed by atoms with van der Waals surface area (Å²) in [5.74, 6) is 0.998. The fourth-order valence-corrected chi connectivity index (χ4v) is 7.76. The molecule has 4 nitrogen and oxygen atoms in total. The van der Waals surface area contributed by atoms with Crippen LogP contribution in [0.15, 0.2) is 5.11 Å². The number of rotatable bonds is 14. The van der Waals surface area contributed by atoms with Crippen molar-refractivity contribution in [1.29, 1.82) is 0 Å². The first-order valence-corrected chi connectivity index (χ1v) is 12.2. The smallest absolute Gasteiger partial charge is 0.0257 e. The van der Waals surface area contributed by atoms with E-state index in [0.29, 0.717) is 22.9 Å². The Morgan fingerprint density at radius 3 is 1.86 bits per heavy atom. The second kappa shape index (κ2) is 9.85. The molecule has 0 saturated heterocycles. The average molecular weight is 389 g/mol. The molecule has 0 aromatic carbocycles. The van der Waals surface area contributed by atoms with Crippen molar-refractivity contribution < 1.29 is 0 Å². The monoisotopic (exact) mass is 388 g/mol. The molecule has 4 rings (SSSR count). The van der Waals surface area contributed by atoms with Crippen LogP contribution >= 0.6 is 0 Å². The van der Waals surface area contributed by atoms with Crippen molar-refractivity contribution >= 4 is 0 Å². The van der Waals surface area contributed by atoms with Gasteiger partial charge in [0.25, 0.3) is 0 Å². The van der Waals surface area contributed by atoms with E-state index >= 15 is 0 Å². The molecule has 4 fully saturated rings. The second-order valence-electron chi connectivity index (χ2n) is 11.3. The van der Waals surface area contributed by atoms with Crippen LogP contribution in [0.1, 0.15) is 117 Å². The maximum atomic E-state index is 8.24. The summed E-state index contributed by atoms with van der Waals surface area (Å²) >= 11 is 0. The first kappa shape index (κ1) is 22.0. The van der Waals surface area contributed by atoms with Crippen molar-refractivity contribution in [2.75, 3.05) is 13.1 Å². The van der Waals surface area contributed by atoms with Gasteiger partial charge in [-0.25, -0.2) is 0 Å². The largest absolute Gasteiger partial charge is 0.311 e. The van der Waals surface area contributed by atoms with Gasteiger partial charge in [-0.05, 0) is 80.2 Å². The minimum atomic E-state index is 0.488. The molecule has 28 heavy (non-hydrogen) atoms. The number of hydrogen-bond donors (Lipinski definition) is 1. The maximum Gasteiger partial charge on any atom is 0.0257 e. The van der Waals surface area contributed by atoms with Crippen molar-refractivity contribution in [3.8, 4) is 0 Å². The van der Waals surface area contributed by atoms with Crippen LogP contribution in [-0.4, -0.2) is 18.6 Å². The second-order valence-corrected chi connectivity index (χ2v) is 11.3. The van der Waals surface area contributed by atoms with Gasteiger partial charge in [0, 0.05) is 17.0 Å². The summed E-state index contributed by atoms with van der Waals surface area (Å²) in [6.07, 6.45) is 22.1. The molecule has 4 aliphatic carbocycles. The molecular weight excluding hydrogens is 344 g/mol.